The summed E-state index contributed by atoms with van der Waals surface area (Å²) in [5.74, 6) is 0.642. The Bertz CT molecular complexity index is 1030. The van der Waals surface area contributed by atoms with Crippen LogP contribution in [0.15, 0.2) is 52.4 Å². The number of amides is 2. The van der Waals surface area contributed by atoms with Crippen LogP contribution in [0.3, 0.4) is 0 Å². The molecule has 1 saturated heterocycles. The minimum Gasteiger partial charge on any atom is -0.490 e. The lowest BCUT2D eigenvalue weighted by atomic mass is 10.2. The summed E-state index contributed by atoms with van der Waals surface area (Å²) in [6, 6.07) is 13.1. The molecule has 3 rings (SSSR count). The van der Waals surface area contributed by atoms with Gasteiger partial charge in [0, 0.05) is 14.1 Å². The van der Waals surface area contributed by atoms with E-state index in [-0.39, 0.29) is 18.4 Å². The summed E-state index contributed by atoms with van der Waals surface area (Å²) >= 11 is 1.28. The van der Waals surface area contributed by atoms with Crippen molar-refractivity contribution in [1.29, 1.82) is 0 Å². The zero-order valence-corrected chi connectivity index (χ0v) is 18.8. The van der Waals surface area contributed by atoms with E-state index in [4.69, 9.17) is 9.47 Å². The highest BCUT2D eigenvalue weighted by atomic mass is 32.2. The molecule has 1 heterocycles. The van der Waals surface area contributed by atoms with Crippen LogP contribution in [0.1, 0.15) is 18.1 Å². The van der Waals surface area contributed by atoms with Crippen molar-refractivity contribution in [2.75, 3.05) is 27.3 Å². The highest BCUT2D eigenvalue weighted by Crippen LogP contribution is 2.32. The van der Waals surface area contributed by atoms with Crippen molar-refractivity contribution in [2.24, 2.45) is 4.99 Å². The molecule has 0 spiro atoms. The molecule has 1 aliphatic rings. The Morgan fingerprint density at radius 1 is 1.13 bits per heavy atom. The van der Waals surface area contributed by atoms with Crippen molar-refractivity contribution in [3.05, 3.63) is 58.5 Å². The fourth-order valence-electron chi connectivity index (χ4n) is 2.64. The molecule has 8 heteroatoms. The molecule has 2 amide bonds. The quantitative estimate of drug-likeness (QED) is 0.665. The van der Waals surface area contributed by atoms with Gasteiger partial charge in [-0.05, 0) is 61.5 Å². The zero-order valence-electron chi connectivity index (χ0n) is 18.0. The van der Waals surface area contributed by atoms with Gasteiger partial charge >= 0.3 is 0 Å². The van der Waals surface area contributed by atoms with E-state index < -0.39 is 0 Å². The molecule has 0 atom stereocenters. The first-order chi connectivity index (χ1) is 14.9. The lowest BCUT2D eigenvalue weighted by Crippen LogP contribution is -2.27. The number of nitrogens with zero attached hydrogens (tertiary/aromatic N) is 2. The number of amidine groups is 1. The second-order valence-electron chi connectivity index (χ2n) is 7.03. The van der Waals surface area contributed by atoms with E-state index in [9.17, 15) is 9.59 Å². The largest absolute Gasteiger partial charge is 0.490 e. The highest BCUT2D eigenvalue weighted by Gasteiger charge is 2.24. The molecule has 0 aliphatic carbocycles. The normalized spacial score (nSPS) is 15.8. The third-order valence-corrected chi connectivity index (χ3v) is 5.24. The number of carbonyl (C=O) groups excluding carboxylic acids is 2. The molecule has 7 nitrogen and oxygen atoms in total. The van der Waals surface area contributed by atoms with Gasteiger partial charge in [0.2, 0.25) is 0 Å². The Kier molecular flexibility index (Phi) is 7.36. The number of hydrogen-bond donors (Lipinski definition) is 1. The molecule has 162 valence electrons. The Balaban J connectivity index is 1.77. The van der Waals surface area contributed by atoms with Gasteiger partial charge in [0.15, 0.2) is 23.3 Å². The van der Waals surface area contributed by atoms with Gasteiger partial charge in [-0.1, -0.05) is 23.8 Å². The molecule has 1 fully saturated rings. The predicted octanol–water partition coefficient (Wildman–Crippen LogP) is 3.75. The molecule has 2 aromatic rings. The average Bonchev–Trinajstić information content (AvgIpc) is 3.07. The van der Waals surface area contributed by atoms with Crippen LogP contribution >= 0.6 is 11.8 Å². The van der Waals surface area contributed by atoms with Gasteiger partial charge in [-0.25, -0.2) is 4.99 Å². The van der Waals surface area contributed by atoms with Crippen molar-refractivity contribution in [2.45, 2.75) is 13.8 Å². The molecule has 1 aliphatic heterocycles. The van der Waals surface area contributed by atoms with E-state index in [1.54, 1.807) is 32.3 Å². The third-order valence-electron chi connectivity index (χ3n) is 4.33. The monoisotopic (exact) mass is 439 g/mol. The van der Waals surface area contributed by atoms with Crippen LogP contribution in [0.4, 0.5) is 5.69 Å². The number of hydrogen-bond acceptors (Lipinski definition) is 6. The molecule has 0 radical (unpaired) electrons. The van der Waals surface area contributed by atoms with Crippen LogP contribution in [-0.4, -0.2) is 49.2 Å². The second-order valence-corrected chi connectivity index (χ2v) is 8.06. The number of carbonyl (C=O) groups is 2. The number of rotatable bonds is 7. The van der Waals surface area contributed by atoms with Gasteiger partial charge in [0.25, 0.3) is 11.8 Å². The number of ether oxygens (including phenoxy) is 2. The number of likely N-dealkylation sites (N-methyl/N-ethyl adjacent to an activating group) is 1. The number of aliphatic imine (C=N–C) groups is 1. The van der Waals surface area contributed by atoms with E-state index in [2.05, 4.69) is 10.3 Å². The van der Waals surface area contributed by atoms with Crippen molar-refractivity contribution in [3.63, 3.8) is 0 Å². The smallest absolute Gasteiger partial charge is 0.264 e. The number of benzene rings is 2. The predicted molar refractivity (Wildman–Crippen MR) is 124 cm³/mol. The Morgan fingerprint density at radius 3 is 2.55 bits per heavy atom. The summed E-state index contributed by atoms with van der Waals surface area (Å²) in [6.07, 6.45) is 1.77. The molecular formula is C23H25N3O4S. The minimum atomic E-state index is -0.203. The van der Waals surface area contributed by atoms with Crippen LogP contribution in [0.5, 0.6) is 11.5 Å². The summed E-state index contributed by atoms with van der Waals surface area (Å²) in [4.78, 5) is 30.6. The molecule has 1 N–H and O–H groups in total. The number of nitrogens with one attached hydrogen (secondary N) is 1. The molecule has 0 saturated carbocycles. The van der Waals surface area contributed by atoms with Crippen LogP contribution in [0, 0.1) is 6.92 Å². The summed E-state index contributed by atoms with van der Waals surface area (Å²) < 4.78 is 11.3. The SMILES string of the molecule is CCOc1cc(/C=C2\SC(=Nc3ccc(C)cc3)NC2=O)ccc1OCC(=O)N(C)C. The first-order valence-electron chi connectivity index (χ1n) is 9.81. The Hall–Kier alpha value is -3.26. The van der Waals surface area contributed by atoms with Crippen molar-refractivity contribution in [1.82, 2.24) is 10.2 Å². The maximum atomic E-state index is 12.4. The van der Waals surface area contributed by atoms with Gasteiger partial charge in [-0.2, -0.15) is 0 Å². The fourth-order valence-corrected chi connectivity index (χ4v) is 3.48. The summed E-state index contributed by atoms with van der Waals surface area (Å²) in [7, 11) is 3.34. The second kappa shape index (κ2) is 10.2. The Labute approximate surface area is 186 Å². The van der Waals surface area contributed by atoms with E-state index in [1.165, 1.54) is 16.7 Å². The molecule has 2 aromatic carbocycles. The third kappa shape index (κ3) is 6.11. The first-order valence-corrected chi connectivity index (χ1v) is 10.6. The standard InChI is InChI=1S/C23H25N3O4S/c1-5-29-19-12-16(8-11-18(19)30-14-21(27)26(3)4)13-20-22(28)25-23(31-20)24-17-9-6-15(2)7-10-17/h6-13H,5,14H2,1-4H3,(H,24,25,28)/b20-13-. The maximum Gasteiger partial charge on any atom is 0.264 e. The van der Waals surface area contributed by atoms with Gasteiger partial charge in [0.05, 0.1) is 17.2 Å². The highest BCUT2D eigenvalue weighted by molar-refractivity contribution is 8.18. The van der Waals surface area contributed by atoms with E-state index in [1.807, 2.05) is 44.2 Å². The molecule has 0 unspecified atom stereocenters. The average molecular weight is 440 g/mol. The van der Waals surface area contributed by atoms with Gasteiger partial charge < -0.3 is 19.7 Å². The minimum absolute atomic E-state index is 0.0788. The topological polar surface area (TPSA) is 80.2 Å². The molecular weight excluding hydrogens is 414 g/mol. The number of aryl methyl sites for hydroxylation is 1. The first kappa shape index (κ1) is 22.4. The van der Waals surface area contributed by atoms with Crippen molar-refractivity contribution < 1.29 is 19.1 Å². The van der Waals surface area contributed by atoms with E-state index >= 15 is 0 Å². The Morgan fingerprint density at radius 2 is 1.87 bits per heavy atom. The maximum absolute atomic E-state index is 12.4. The molecule has 31 heavy (non-hydrogen) atoms. The van der Waals surface area contributed by atoms with Crippen molar-refractivity contribution in [3.8, 4) is 11.5 Å². The molecule has 0 bridgehead atoms. The van der Waals surface area contributed by atoms with E-state index in [0.29, 0.717) is 28.2 Å². The number of thioether (sulfide) groups is 1. The van der Waals surface area contributed by atoms with Crippen LogP contribution < -0.4 is 14.8 Å². The van der Waals surface area contributed by atoms with Gasteiger partial charge in [-0.3, -0.25) is 9.59 Å². The van der Waals surface area contributed by atoms with Crippen LogP contribution in [0.25, 0.3) is 6.08 Å². The zero-order chi connectivity index (χ0) is 22.4. The van der Waals surface area contributed by atoms with Crippen LogP contribution in [0.2, 0.25) is 0 Å². The molecule has 0 aromatic heterocycles. The van der Waals surface area contributed by atoms with Gasteiger partial charge in [0.1, 0.15) is 0 Å². The summed E-state index contributed by atoms with van der Waals surface area (Å²) in [5, 5.41) is 3.32. The fraction of sp³-hybridized carbons (Fsp3) is 0.261. The lowest BCUT2D eigenvalue weighted by Gasteiger charge is -2.14. The van der Waals surface area contributed by atoms with E-state index in [0.717, 1.165) is 16.8 Å². The summed E-state index contributed by atoms with van der Waals surface area (Å²) in [5.41, 5.74) is 2.71. The van der Waals surface area contributed by atoms with Crippen LogP contribution in [-0.2, 0) is 9.59 Å². The summed E-state index contributed by atoms with van der Waals surface area (Å²) in [6.45, 7) is 4.25. The lowest BCUT2D eigenvalue weighted by molar-refractivity contribution is -0.130. The van der Waals surface area contributed by atoms with Crippen molar-refractivity contribution >= 4 is 40.5 Å². The van der Waals surface area contributed by atoms with Gasteiger partial charge in [-0.15, -0.1) is 0 Å².